The van der Waals surface area contributed by atoms with Crippen LogP contribution < -0.4 is 0 Å². The minimum atomic E-state index is -0.345. The van der Waals surface area contributed by atoms with Gasteiger partial charge in [0.2, 0.25) is 5.78 Å². The normalized spacial score (nSPS) is 10.7. The van der Waals surface area contributed by atoms with Gasteiger partial charge in [0.05, 0.1) is 0 Å². The number of ketones is 1. The first kappa shape index (κ1) is 10.5. The number of fused-ring (bicyclic) bond motifs is 1. The molecule has 0 aliphatic carbocycles. The Bertz CT molecular complexity index is 697. The molecule has 0 aliphatic rings. The Morgan fingerprint density at radius 3 is 2.72 bits per heavy atom. The Morgan fingerprint density at radius 1 is 1.11 bits per heavy atom. The van der Waals surface area contributed by atoms with Gasteiger partial charge in [-0.15, -0.1) is 0 Å². The first-order chi connectivity index (χ1) is 8.74. The van der Waals surface area contributed by atoms with Crippen molar-refractivity contribution >= 4 is 16.9 Å². The van der Waals surface area contributed by atoms with Crippen LogP contribution in [0.5, 0.6) is 5.75 Å². The number of phenolic OH excluding ortho intramolecular Hbond substituents is 1. The fraction of sp³-hybridized carbons (Fsp3) is 0. The van der Waals surface area contributed by atoms with E-state index in [1.54, 1.807) is 24.3 Å². The number of carbonyl (C=O) groups is 1. The molecule has 0 radical (unpaired) electrons. The number of rotatable bonds is 2. The Hall–Kier alpha value is -2.62. The molecule has 0 amide bonds. The van der Waals surface area contributed by atoms with Crippen molar-refractivity contribution in [1.29, 1.82) is 0 Å². The monoisotopic (exact) mass is 239 g/mol. The molecular weight excluding hydrogens is 230 g/mol. The Kier molecular flexibility index (Phi) is 2.34. The molecule has 4 heteroatoms. The molecule has 18 heavy (non-hydrogen) atoms. The van der Waals surface area contributed by atoms with Crippen LogP contribution in [0.25, 0.3) is 11.1 Å². The summed E-state index contributed by atoms with van der Waals surface area (Å²) in [7, 11) is 0. The van der Waals surface area contributed by atoms with E-state index < -0.39 is 0 Å². The molecule has 1 N–H and O–H groups in total. The van der Waals surface area contributed by atoms with Crippen LogP contribution in [-0.4, -0.2) is 15.9 Å². The van der Waals surface area contributed by atoms with Gasteiger partial charge in [-0.3, -0.25) is 4.79 Å². The molecule has 1 heterocycles. The van der Waals surface area contributed by atoms with E-state index in [2.05, 4.69) is 4.98 Å². The zero-order valence-corrected chi connectivity index (χ0v) is 9.33. The number of phenols is 1. The van der Waals surface area contributed by atoms with Crippen molar-refractivity contribution in [2.75, 3.05) is 0 Å². The summed E-state index contributed by atoms with van der Waals surface area (Å²) in [4.78, 5) is 16.2. The summed E-state index contributed by atoms with van der Waals surface area (Å²) in [6.45, 7) is 0. The molecule has 0 fully saturated rings. The van der Waals surface area contributed by atoms with Crippen molar-refractivity contribution in [2.45, 2.75) is 0 Å². The molecule has 1 aromatic heterocycles. The summed E-state index contributed by atoms with van der Waals surface area (Å²) in [5.41, 5.74) is 1.56. The lowest BCUT2D eigenvalue weighted by molar-refractivity contribution is 0.100. The Balaban J connectivity index is 2.06. The van der Waals surface area contributed by atoms with Gasteiger partial charge in [0.25, 0.3) is 5.89 Å². The van der Waals surface area contributed by atoms with Gasteiger partial charge in [-0.1, -0.05) is 24.3 Å². The van der Waals surface area contributed by atoms with Crippen molar-refractivity contribution in [3.8, 4) is 5.75 Å². The van der Waals surface area contributed by atoms with Gasteiger partial charge in [-0.2, -0.15) is 0 Å². The second kappa shape index (κ2) is 4.00. The van der Waals surface area contributed by atoms with Crippen LogP contribution in [0.15, 0.2) is 52.9 Å². The lowest BCUT2D eigenvalue weighted by Gasteiger charge is -1.96. The summed E-state index contributed by atoms with van der Waals surface area (Å²) in [6, 6.07) is 13.3. The third-order valence-corrected chi connectivity index (χ3v) is 2.60. The topological polar surface area (TPSA) is 63.3 Å². The molecule has 4 nitrogen and oxygen atoms in total. The van der Waals surface area contributed by atoms with E-state index in [1.165, 1.54) is 12.1 Å². The largest absolute Gasteiger partial charge is 0.508 e. The second-order valence-electron chi connectivity index (χ2n) is 3.87. The minimum Gasteiger partial charge on any atom is -0.508 e. The van der Waals surface area contributed by atoms with Crippen molar-refractivity contribution in [3.63, 3.8) is 0 Å². The molecule has 88 valence electrons. The predicted octanol–water partition coefficient (Wildman–Crippen LogP) is 2.76. The highest BCUT2D eigenvalue weighted by atomic mass is 16.4. The van der Waals surface area contributed by atoms with Crippen molar-refractivity contribution in [2.24, 2.45) is 0 Å². The van der Waals surface area contributed by atoms with Crippen LogP contribution in [-0.2, 0) is 0 Å². The highest BCUT2D eigenvalue weighted by Crippen LogP contribution is 2.19. The first-order valence-electron chi connectivity index (χ1n) is 5.43. The summed E-state index contributed by atoms with van der Waals surface area (Å²) < 4.78 is 5.38. The zero-order chi connectivity index (χ0) is 12.5. The molecule has 0 spiro atoms. The molecular formula is C14H9NO3. The van der Waals surface area contributed by atoms with E-state index in [9.17, 15) is 9.90 Å². The van der Waals surface area contributed by atoms with Gasteiger partial charge in [0, 0.05) is 5.56 Å². The lowest BCUT2D eigenvalue weighted by Crippen LogP contribution is -2.00. The fourth-order valence-electron chi connectivity index (χ4n) is 1.74. The van der Waals surface area contributed by atoms with E-state index in [-0.39, 0.29) is 17.4 Å². The maximum Gasteiger partial charge on any atom is 0.269 e. The number of oxazole rings is 1. The first-order valence-corrected chi connectivity index (χ1v) is 5.43. The van der Waals surface area contributed by atoms with Crippen molar-refractivity contribution < 1.29 is 14.3 Å². The number of hydrogen-bond donors (Lipinski definition) is 1. The van der Waals surface area contributed by atoms with Gasteiger partial charge < -0.3 is 9.52 Å². The molecule has 3 aromatic rings. The van der Waals surface area contributed by atoms with Gasteiger partial charge in [0.1, 0.15) is 11.3 Å². The molecule has 0 atom stereocenters. The van der Waals surface area contributed by atoms with E-state index in [0.717, 1.165) is 0 Å². The van der Waals surface area contributed by atoms with Gasteiger partial charge in [0.15, 0.2) is 5.58 Å². The number of aromatic hydroxyl groups is 1. The second-order valence-corrected chi connectivity index (χ2v) is 3.87. The van der Waals surface area contributed by atoms with Crippen LogP contribution >= 0.6 is 0 Å². The zero-order valence-electron chi connectivity index (χ0n) is 9.33. The van der Waals surface area contributed by atoms with E-state index in [4.69, 9.17) is 4.42 Å². The van der Waals surface area contributed by atoms with Crippen LogP contribution in [0.2, 0.25) is 0 Å². The summed E-state index contributed by atoms with van der Waals surface area (Å²) >= 11 is 0. The molecule has 0 saturated heterocycles. The molecule has 0 bridgehead atoms. The average Bonchev–Trinajstić information content (AvgIpc) is 2.81. The van der Waals surface area contributed by atoms with Crippen molar-refractivity contribution in [3.05, 3.63) is 60.0 Å². The summed E-state index contributed by atoms with van der Waals surface area (Å²) in [5.74, 6) is -0.277. The molecule has 0 aliphatic heterocycles. The number of aromatic nitrogens is 1. The molecule has 3 rings (SSSR count). The molecule has 0 unspecified atom stereocenters. The van der Waals surface area contributed by atoms with Crippen LogP contribution in [0.4, 0.5) is 0 Å². The average molecular weight is 239 g/mol. The SMILES string of the molecule is O=C(c1cccc(O)c1)c1nc2ccccc2o1. The van der Waals surface area contributed by atoms with E-state index in [0.29, 0.717) is 16.7 Å². The Morgan fingerprint density at radius 2 is 1.94 bits per heavy atom. The number of carbonyl (C=O) groups excluding carboxylic acids is 1. The maximum atomic E-state index is 12.1. The Labute approximate surface area is 103 Å². The highest BCUT2D eigenvalue weighted by Gasteiger charge is 2.16. The summed E-state index contributed by atoms with van der Waals surface area (Å²) in [6.07, 6.45) is 0. The fourth-order valence-corrected chi connectivity index (χ4v) is 1.74. The van der Waals surface area contributed by atoms with Gasteiger partial charge in [-0.25, -0.2) is 4.98 Å². The predicted molar refractivity (Wildman–Crippen MR) is 65.5 cm³/mol. The quantitative estimate of drug-likeness (QED) is 0.698. The number of para-hydroxylation sites is 2. The standard InChI is InChI=1S/C14H9NO3/c16-10-5-3-4-9(8-10)13(17)14-15-11-6-1-2-7-12(11)18-14/h1-8,16H. The van der Waals surface area contributed by atoms with E-state index >= 15 is 0 Å². The third kappa shape index (κ3) is 1.73. The molecule has 2 aromatic carbocycles. The highest BCUT2D eigenvalue weighted by molar-refractivity contribution is 6.07. The summed E-state index contributed by atoms with van der Waals surface area (Å²) in [5, 5.41) is 9.35. The number of benzene rings is 2. The van der Waals surface area contributed by atoms with E-state index in [1.807, 2.05) is 12.1 Å². The maximum absolute atomic E-state index is 12.1. The van der Waals surface area contributed by atoms with Crippen LogP contribution in [0.1, 0.15) is 16.2 Å². The van der Waals surface area contributed by atoms with Crippen LogP contribution in [0, 0.1) is 0 Å². The third-order valence-electron chi connectivity index (χ3n) is 2.60. The van der Waals surface area contributed by atoms with Crippen LogP contribution in [0.3, 0.4) is 0 Å². The minimum absolute atomic E-state index is 0.0294. The number of nitrogens with zero attached hydrogens (tertiary/aromatic N) is 1. The smallest absolute Gasteiger partial charge is 0.269 e. The lowest BCUT2D eigenvalue weighted by atomic mass is 10.1. The van der Waals surface area contributed by atoms with Crippen molar-refractivity contribution in [1.82, 2.24) is 4.98 Å². The van der Waals surface area contributed by atoms with Gasteiger partial charge >= 0.3 is 0 Å². The van der Waals surface area contributed by atoms with Gasteiger partial charge in [-0.05, 0) is 24.3 Å². The number of hydrogen-bond acceptors (Lipinski definition) is 4. The molecule has 0 saturated carbocycles.